The molecule has 0 unspecified atom stereocenters. The first-order chi connectivity index (χ1) is 14.5. The summed E-state index contributed by atoms with van der Waals surface area (Å²) in [6.07, 6.45) is 3.51. The molecule has 0 radical (unpaired) electrons. The lowest BCUT2D eigenvalue weighted by Gasteiger charge is -2.13. The van der Waals surface area contributed by atoms with Crippen molar-refractivity contribution in [3.63, 3.8) is 0 Å². The fourth-order valence-corrected chi connectivity index (χ4v) is 3.70. The van der Waals surface area contributed by atoms with Crippen molar-refractivity contribution < 1.29 is 0 Å². The third-order valence-electron chi connectivity index (χ3n) is 4.84. The van der Waals surface area contributed by atoms with Crippen LogP contribution in [0.25, 0.3) is 33.3 Å². The molecular weight excluding hydrogens is 396 g/mol. The van der Waals surface area contributed by atoms with Crippen LogP contribution in [-0.2, 0) is 6.54 Å². The molecule has 0 saturated carbocycles. The Kier molecular flexibility index (Phi) is 6.63. The molecule has 0 atom stereocenters. The SMILES string of the molecule is CC.CCn1c(=O)c(-c2ccc(-c3cccnc3C)cc2Cl)cc2cnc(C)nc21. The van der Waals surface area contributed by atoms with Gasteiger partial charge in [-0.05, 0) is 44.5 Å². The maximum absolute atomic E-state index is 13.1. The third kappa shape index (κ3) is 3.98. The second kappa shape index (κ2) is 9.18. The van der Waals surface area contributed by atoms with Crippen LogP contribution < -0.4 is 5.56 Å². The van der Waals surface area contributed by atoms with Gasteiger partial charge in [-0.1, -0.05) is 43.6 Å². The van der Waals surface area contributed by atoms with Crippen LogP contribution in [0.2, 0.25) is 5.02 Å². The van der Waals surface area contributed by atoms with E-state index in [1.807, 2.05) is 71.0 Å². The predicted octanol–water partition coefficient (Wildman–Crippen LogP) is 5.84. The van der Waals surface area contributed by atoms with E-state index >= 15 is 0 Å². The molecule has 0 aliphatic rings. The van der Waals surface area contributed by atoms with E-state index in [0.29, 0.717) is 34.2 Å². The lowest BCUT2D eigenvalue weighted by atomic mass is 9.99. The minimum absolute atomic E-state index is 0.111. The molecule has 0 spiro atoms. The van der Waals surface area contributed by atoms with Crippen LogP contribution in [0.15, 0.2) is 53.6 Å². The molecule has 4 rings (SSSR count). The van der Waals surface area contributed by atoms with Gasteiger partial charge in [0, 0.05) is 51.7 Å². The van der Waals surface area contributed by atoms with Crippen LogP contribution in [0.3, 0.4) is 0 Å². The number of benzene rings is 1. The summed E-state index contributed by atoms with van der Waals surface area (Å²) < 4.78 is 1.66. The standard InChI is InChI=1S/C22H19ClN4O.C2H6/c1-4-27-21-16(12-25-14(3)26-21)10-19(22(27)28)18-8-7-15(11-20(18)23)17-6-5-9-24-13(17)2;1-2/h5-12H,4H2,1-3H3;1-2H3. The van der Waals surface area contributed by atoms with Gasteiger partial charge in [-0.3, -0.25) is 14.3 Å². The number of aromatic nitrogens is 4. The first-order valence-electron chi connectivity index (χ1n) is 10.1. The van der Waals surface area contributed by atoms with E-state index < -0.39 is 0 Å². The van der Waals surface area contributed by atoms with Gasteiger partial charge in [0.25, 0.3) is 5.56 Å². The van der Waals surface area contributed by atoms with Crippen molar-refractivity contribution in [1.82, 2.24) is 19.5 Å². The summed E-state index contributed by atoms with van der Waals surface area (Å²) in [5, 5.41) is 1.33. The van der Waals surface area contributed by atoms with E-state index in [1.165, 1.54) is 0 Å². The quantitative estimate of drug-likeness (QED) is 0.418. The normalized spacial score (nSPS) is 10.6. The Bertz CT molecular complexity index is 1260. The van der Waals surface area contributed by atoms with Crippen molar-refractivity contribution in [2.45, 2.75) is 41.2 Å². The van der Waals surface area contributed by atoms with Crippen molar-refractivity contribution in [3.8, 4) is 22.3 Å². The Labute approximate surface area is 181 Å². The van der Waals surface area contributed by atoms with Crippen molar-refractivity contribution >= 4 is 22.6 Å². The van der Waals surface area contributed by atoms with E-state index in [9.17, 15) is 4.79 Å². The molecule has 0 bridgehead atoms. The van der Waals surface area contributed by atoms with Crippen LogP contribution in [0.5, 0.6) is 0 Å². The molecule has 0 N–H and O–H groups in total. The van der Waals surface area contributed by atoms with Gasteiger partial charge in [0.05, 0.1) is 0 Å². The van der Waals surface area contributed by atoms with E-state index in [4.69, 9.17) is 11.6 Å². The number of hydrogen-bond acceptors (Lipinski definition) is 4. The van der Waals surface area contributed by atoms with E-state index in [0.717, 1.165) is 22.2 Å². The molecule has 3 aromatic heterocycles. The smallest absolute Gasteiger partial charge is 0.260 e. The molecular formula is C24H25ClN4O. The number of pyridine rings is 2. The molecule has 5 nitrogen and oxygen atoms in total. The molecule has 4 aromatic rings. The summed E-state index contributed by atoms with van der Waals surface area (Å²) in [6.45, 7) is 10.2. The van der Waals surface area contributed by atoms with Gasteiger partial charge >= 0.3 is 0 Å². The topological polar surface area (TPSA) is 60.7 Å². The van der Waals surface area contributed by atoms with E-state index in [1.54, 1.807) is 17.0 Å². The van der Waals surface area contributed by atoms with Crippen LogP contribution in [0.4, 0.5) is 0 Å². The average molecular weight is 421 g/mol. The highest BCUT2D eigenvalue weighted by Crippen LogP contribution is 2.32. The molecule has 6 heteroatoms. The Morgan fingerprint density at radius 3 is 2.43 bits per heavy atom. The highest BCUT2D eigenvalue weighted by molar-refractivity contribution is 6.33. The highest BCUT2D eigenvalue weighted by Gasteiger charge is 2.15. The monoisotopic (exact) mass is 420 g/mol. The zero-order valence-corrected chi connectivity index (χ0v) is 18.7. The second-order valence-corrected chi connectivity index (χ2v) is 7.04. The predicted molar refractivity (Wildman–Crippen MR) is 124 cm³/mol. The summed E-state index contributed by atoms with van der Waals surface area (Å²) >= 11 is 6.61. The van der Waals surface area contributed by atoms with Crippen LogP contribution in [0.1, 0.15) is 32.3 Å². The summed E-state index contributed by atoms with van der Waals surface area (Å²) in [5.41, 5.74) is 4.68. The Hall–Kier alpha value is -3.05. The maximum atomic E-state index is 13.1. The van der Waals surface area contributed by atoms with Gasteiger partial charge in [0.15, 0.2) is 0 Å². The first kappa shape index (κ1) is 21.7. The number of rotatable bonds is 3. The largest absolute Gasteiger partial charge is 0.292 e. The summed E-state index contributed by atoms with van der Waals surface area (Å²) in [5.74, 6) is 0.635. The van der Waals surface area contributed by atoms with Crippen LogP contribution in [0, 0.1) is 13.8 Å². The Morgan fingerprint density at radius 1 is 1.00 bits per heavy atom. The van der Waals surface area contributed by atoms with Gasteiger partial charge in [-0.15, -0.1) is 0 Å². The summed E-state index contributed by atoms with van der Waals surface area (Å²) in [4.78, 5) is 26.2. The average Bonchev–Trinajstić information content (AvgIpc) is 2.75. The van der Waals surface area contributed by atoms with Crippen LogP contribution >= 0.6 is 11.6 Å². The maximum Gasteiger partial charge on any atom is 0.260 e. The summed E-state index contributed by atoms with van der Waals surface area (Å²) in [7, 11) is 0. The van der Waals surface area contributed by atoms with Gasteiger partial charge in [-0.25, -0.2) is 9.97 Å². The van der Waals surface area contributed by atoms with Crippen LogP contribution in [-0.4, -0.2) is 19.5 Å². The molecule has 0 fully saturated rings. The molecule has 0 aliphatic carbocycles. The third-order valence-corrected chi connectivity index (χ3v) is 5.15. The lowest BCUT2D eigenvalue weighted by molar-refractivity contribution is 0.748. The first-order valence-corrected chi connectivity index (χ1v) is 10.5. The molecule has 0 aliphatic heterocycles. The fraction of sp³-hybridized carbons (Fsp3) is 0.250. The van der Waals surface area contributed by atoms with Gasteiger partial charge in [0.1, 0.15) is 11.5 Å². The lowest BCUT2D eigenvalue weighted by Crippen LogP contribution is -2.22. The fourth-order valence-electron chi connectivity index (χ4n) is 3.42. The number of aryl methyl sites for hydroxylation is 3. The van der Waals surface area contributed by atoms with Gasteiger partial charge < -0.3 is 0 Å². The van der Waals surface area contributed by atoms with Crippen molar-refractivity contribution in [3.05, 3.63) is 75.7 Å². The molecule has 0 saturated heterocycles. The zero-order valence-electron chi connectivity index (χ0n) is 17.9. The number of hydrogen-bond donors (Lipinski definition) is 0. The zero-order chi connectivity index (χ0) is 21.8. The number of halogens is 1. The van der Waals surface area contributed by atoms with E-state index in [2.05, 4.69) is 15.0 Å². The summed E-state index contributed by atoms with van der Waals surface area (Å²) in [6, 6.07) is 11.5. The molecule has 154 valence electrons. The van der Waals surface area contributed by atoms with E-state index in [-0.39, 0.29) is 5.56 Å². The van der Waals surface area contributed by atoms with Gasteiger partial charge in [0.2, 0.25) is 0 Å². The second-order valence-electron chi connectivity index (χ2n) is 6.63. The molecule has 30 heavy (non-hydrogen) atoms. The Balaban J connectivity index is 0.00000124. The molecule has 0 amide bonds. The highest BCUT2D eigenvalue weighted by atomic mass is 35.5. The number of fused-ring (bicyclic) bond motifs is 1. The minimum atomic E-state index is -0.111. The van der Waals surface area contributed by atoms with Crippen molar-refractivity contribution in [2.24, 2.45) is 0 Å². The van der Waals surface area contributed by atoms with Gasteiger partial charge in [-0.2, -0.15) is 0 Å². The van der Waals surface area contributed by atoms with Crippen molar-refractivity contribution in [2.75, 3.05) is 0 Å². The number of nitrogens with zero attached hydrogens (tertiary/aromatic N) is 4. The Morgan fingerprint density at radius 2 is 1.77 bits per heavy atom. The molecule has 3 heterocycles. The molecule has 1 aromatic carbocycles. The van der Waals surface area contributed by atoms with Crippen molar-refractivity contribution in [1.29, 1.82) is 0 Å². The minimum Gasteiger partial charge on any atom is -0.292 e.